The highest BCUT2D eigenvalue weighted by atomic mass is 16.5. The normalized spacial score (nSPS) is 16.5. The van der Waals surface area contributed by atoms with Gasteiger partial charge in [0.25, 0.3) is 5.91 Å². The van der Waals surface area contributed by atoms with Gasteiger partial charge in [-0.05, 0) is 37.1 Å². The Bertz CT molecular complexity index is 1320. The van der Waals surface area contributed by atoms with E-state index in [0.29, 0.717) is 23.3 Å². The zero-order valence-corrected chi connectivity index (χ0v) is 20.4. The van der Waals surface area contributed by atoms with E-state index in [-0.39, 0.29) is 5.91 Å². The number of carbonyl (C=O) groups is 1. The number of H-pyrrole nitrogens is 1. The molecule has 2 fully saturated rings. The summed E-state index contributed by atoms with van der Waals surface area (Å²) >= 11 is 0. The van der Waals surface area contributed by atoms with Crippen molar-refractivity contribution in [3.8, 4) is 11.5 Å². The van der Waals surface area contributed by atoms with E-state index in [2.05, 4.69) is 35.2 Å². The molecule has 36 heavy (non-hydrogen) atoms. The number of amides is 1. The van der Waals surface area contributed by atoms with Crippen LogP contribution in [0.2, 0.25) is 0 Å². The topological polar surface area (TPSA) is 104 Å². The zero-order valence-electron chi connectivity index (χ0n) is 20.4. The largest absolute Gasteiger partial charge is 0.377 e. The first kappa shape index (κ1) is 22.7. The van der Waals surface area contributed by atoms with Gasteiger partial charge in [0.05, 0.1) is 29.3 Å². The minimum Gasteiger partial charge on any atom is -0.377 e. The van der Waals surface area contributed by atoms with Crippen molar-refractivity contribution < 1.29 is 9.53 Å². The van der Waals surface area contributed by atoms with E-state index < -0.39 is 0 Å². The average molecular weight is 487 g/mol. The van der Waals surface area contributed by atoms with E-state index in [1.165, 1.54) is 12.8 Å². The van der Waals surface area contributed by atoms with Crippen LogP contribution in [0, 0.1) is 0 Å². The zero-order chi connectivity index (χ0) is 24.5. The number of carbonyl (C=O) groups excluding carboxylic acids is 1. The summed E-state index contributed by atoms with van der Waals surface area (Å²) in [5, 5.41) is 7.31. The van der Waals surface area contributed by atoms with Crippen LogP contribution in [0.3, 0.4) is 0 Å². The Hall–Kier alpha value is -3.76. The van der Waals surface area contributed by atoms with Crippen molar-refractivity contribution in [3.05, 3.63) is 54.2 Å². The molecule has 186 valence electrons. The maximum Gasteiger partial charge on any atom is 0.258 e. The Labute approximate surface area is 209 Å². The van der Waals surface area contributed by atoms with E-state index in [1.807, 2.05) is 49.5 Å². The Morgan fingerprint density at radius 2 is 1.97 bits per heavy atom. The minimum absolute atomic E-state index is 0.246. The average Bonchev–Trinajstić information content (AvgIpc) is 3.51. The maximum absolute atomic E-state index is 12.8. The third kappa shape index (κ3) is 4.95. The van der Waals surface area contributed by atoms with Gasteiger partial charge in [-0.15, -0.1) is 0 Å². The van der Waals surface area contributed by atoms with E-state index in [0.717, 1.165) is 61.9 Å². The van der Waals surface area contributed by atoms with E-state index in [4.69, 9.17) is 4.74 Å². The molecule has 1 aliphatic heterocycles. The first-order chi connectivity index (χ1) is 17.6. The second-order valence-corrected chi connectivity index (χ2v) is 9.40. The lowest BCUT2D eigenvalue weighted by Crippen LogP contribution is -2.47. The Morgan fingerprint density at radius 3 is 2.72 bits per heavy atom. The smallest absolute Gasteiger partial charge is 0.258 e. The highest BCUT2D eigenvalue weighted by molar-refractivity contribution is 6.03. The number of imidazole rings is 1. The molecule has 3 aromatic heterocycles. The van der Waals surface area contributed by atoms with Crippen LogP contribution in [0.5, 0.6) is 0 Å². The number of fused-ring (bicyclic) bond motifs is 1. The summed E-state index contributed by atoms with van der Waals surface area (Å²) in [7, 11) is 1.83. The molecule has 0 spiro atoms. The number of para-hydroxylation sites is 2. The second kappa shape index (κ2) is 9.71. The molecule has 2 aliphatic rings. The van der Waals surface area contributed by atoms with Crippen LogP contribution in [-0.2, 0) is 11.8 Å². The number of piperazine rings is 1. The lowest BCUT2D eigenvalue weighted by Gasteiger charge is -2.35. The van der Waals surface area contributed by atoms with Crippen LogP contribution in [0.25, 0.3) is 22.6 Å². The van der Waals surface area contributed by atoms with Gasteiger partial charge in [-0.3, -0.25) is 14.4 Å². The van der Waals surface area contributed by atoms with Crippen molar-refractivity contribution in [2.45, 2.75) is 18.9 Å². The van der Waals surface area contributed by atoms with Gasteiger partial charge in [0, 0.05) is 52.0 Å². The van der Waals surface area contributed by atoms with Crippen LogP contribution < -0.4 is 10.2 Å². The molecule has 2 N–H and O–H groups in total. The molecule has 6 rings (SSSR count). The van der Waals surface area contributed by atoms with Crippen molar-refractivity contribution in [2.75, 3.05) is 49.5 Å². The Kier molecular flexibility index (Phi) is 6.12. The van der Waals surface area contributed by atoms with E-state index in [1.54, 1.807) is 10.9 Å². The van der Waals surface area contributed by atoms with E-state index in [9.17, 15) is 4.79 Å². The van der Waals surface area contributed by atoms with Crippen molar-refractivity contribution >= 4 is 28.6 Å². The summed E-state index contributed by atoms with van der Waals surface area (Å²) < 4.78 is 7.47. The van der Waals surface area contributed by atoms with Gasteiger partial charge in [0.2, 0.25) is 0 Å². The monoisotopic (exact) mass is 486 g/mol. The fraction of sp³-hybridized carbons (Fsp3) is 0.385. The molecule has 4 aromatic rings. The van der Waals surface area contributed by atoms with Crippen LogP contribution in [-0.4, -0.2) is 81.0 Å². The number of anilines is 2. The molecule has 10 nitrogen and oxygen atoms in total. The standard InChI is InChI=1S/C26H30N8O2/c1-32-22(25-28-20-4-2-3-5-21(20)29-25)16-23(31-32)30-26(35)18-6-9-24(27-17-18)34-12-10-33(11-13-34)14-15-36-19-7-8-19/h2-6,9,16-17,19H,7-8,10-15H2,1H3,(H,28,29)(H,30,31,35). The van der Waals surface area contributed by atoms with E-state index >= 15 is 0 Å². The molecule has 10 heteroatoms. The summed E-state index contributed by atoms with van der Waals surface area (Å²) in [5.74, 6) is 1.81. The van der Waals surface area contributed by atoms with Crippen LogP contribution >= 0.6 is 0 Å². The fourth-order valence-corrected chi connectivity index (χ4v) is 4.50. The first-order valence-corrected chi connectivity index (χ1v) is 12.5. The first-order valence-electron chi connectivity index (χ1n) is 12.5. The van der Waals surface area contributed by atoms with Crippen LogP contribution in [0.1, 0.15) is 23.2 Å². The van der Waals surface area contributed by atoms with Gasteiger partial charge in [-0.1, -0.05) is 12.1 Å². The molecule has 1 saturated heterocycles. The lowest BCUT2D eigenvalue weighted by atomic mass is 10.2. The molecule has 1 aliphatic carbocycles. The number of benzene rings is 1. The molecule has 1 aromatic carbocycles. The van der Waals surface area contributed by atoms with Gasteiger partial charge in [-0.25, -0.2) is 9.97 Å². The third-order valence-electron chi connectivity index (χ3n) is 6.75. The number of nitrogens with zero attached hydrogens (tertiary/aromatic N) is 6. The number of rotatable bonds is 8. The number of aryl methyl sites for hydroxylation is 1. The Morgan fingerprint density at radius 1 is 1.14 bits per heavy atom. The minimum atomic E-state index is -0.246. The maximum atomic E-state index is 12.8. The SMILES string of the molecule is Cn1nc(NC(=O)c2ccc(N3CCN(CCOC4CC4)CC3)nc2)cc1-c1nc2ccccc2[nH]1. The molecular formula is C26H30N8O2. The molecular weight excluding hydrogens is 456 g/mol. The third-order valence-corrected chi connectivity index (χ3v) is 6.75. The molecule has 4 heterocycles. The molecule has 1 amide bonds. The summed E-state index contributed by atoms with van der Waals surface area (Å²) in [5.41, 5.74) is 3.11. The van der Waals surface area contributed by atoms with Crippen molar-refractivity contribution in [3.63, 3.8) is 0 Å². The predicted molar refractivity (Wildman–Crippen MR) is 138 cm³/mol. The number of hydrogen-bond donors (Lipinski definition) is 2. The number of aromatic nitrogens is 5. The molecule has 0 atom stereocenters. The van der Waals surface area contributed by atoms with Gasteiger partial charge in [0.15, 0.2) is 11.6 Å². The molecule has 0 unspecified atom stereocenters. The van der Waals surface area contributed by atoms with Crippen LogP contribution in [0.4, 0.5) is 11.6 Å². The quantitative estimate of drug-likeness (QED) is 0.395. The summed E-state index contributed by atoms with van der Waals surface area (Å²) in [6, 6.07) is 13.4. The van der Waals surface area contributed by atoms with Crippen molar-refractivity contribution in [1.82, 2.24) is 29.6 Å². The van der Waals surface area contributed by atoms with Gasteiger partial charge >= 0.3 is 0 Å². The lowest BCUT2D eigenvalue weighted by molar-refractivity contribution is 0.0899. The van der Waals surface area contributed by atoms with Gasteiger partial charge in [-0.2, -0.15) is 5.10 Å². The summed E-state index contributed by atoms with van der Waals surface area (Å²) in [4.78, 5) is 30.0. The van der Waals surface area contributed by atoms with Crippen molar-refractivity contribution in [1.29, 1.82) is 0 Å². The molecule has 0 bridgehead atoms. The summed E-state index contributed by atoms with van der Waals surface area (Å²) in [6.07, 6.45) is 4.59. The van der Waals surface area contributed by atoms with Crippen LogP contribution in [0.15, 0.2) is 48.7 Å². The Balaban J connectivity index is 1.05. The second-order valence-electron chi connectivity index (χ2n) is 9.40. The number of pyridine rings is 1. The fourth-order valence-electron chi connectivity index (χ4n) is 4.50. The van der Waals surface area contributed by atoms with Gasteiger partial charge in [0.1, 0.15) is 11.5 Å². The molecule has 0 radical (unpaired) electrons. The summed E-state index contributed by atoms with van der Waals surface area (Å²) in [6.45, 7) is 5.63. The number of ether oxygens (including phenoxy) is 1. The number of nitrogens with one attached hydrogen (secondary N) is 2. The number of aromatic amines is 1. The number of hydrogen-bond acceptors (Lipinski definition) is 7. The molecule has 1 saturated carbocycles. The predicted octanol–water partition coefficient (Wildman–Crippen LogP) is 2.91. The van der Waals surface area contributed by atoms with Gasteiger partial charge < -0.3 is 19.9 Å². The highest BCUT2D eigenvalue weighted by Crippen LogP contribution is 2.24. The highest BCUT2D eigenvalue weighted by Gasteiger charge is 2.23. The van der Waals surface area contributed by atoms with Crippen molar-refractivity contribution in [2.24, 2.45) is 7.05 Å².